The Bertz CT molecular complexity index is 469. The minimum atomic E-state index is -0.406. The predicted octanol–water partition coefficient (Wildman–Crippen LogP) is 0.666. The number of hydrogen-bond acceptors (Lipinski definition) is 4. The van der Waals surface area contributed by atoms with Crippen LogP contribution in [-0.2, 0) is 6.42 Å². The molecule has 0 radical (unpaired) electrons. The number of nitrogens with zero attached hydrogens (tertiary/aromatic N) is 1. The Labute approximate surface area is 92.5 Å². The van der Waals surface area contributed by atoms with Crippen molar-refractivity contribution in [1.82, 2.24) is 10.3 Å². The number of aromatic nitrogens is 1. The lowest BCUT2D eigenvalue weighted by Crippen LogP contribution is -2.23. The molecule has 0 saturated carbocycles. The third-order valence-corrected chi connectivity index (χ3v) is 2.75. The molecule has 0 atom stereocenters. The summed E-state index contributed by atoms with van der Waals surface area (Å²) in [5, 5.41) is 12.0. The SMILES string of the molecule is CNC(=O)c1c(O)ncc2c1CCCC2=O. The Morgan fingerprint density at radius 1 is 1.50 bits per heavy atom. The van der Waals surface area contributed by atoms with Gasteiger partial charge in [-0.15, -0.1) is 0 Å². The van der Waals surface area contributed by atoms with Gasteiger partial charge in [0, 0.05) is 25.2 Å². The van der Waals surface area contributed by atoms with E-state index in [2.05, 4.69) is 10.3 Å². The molecule has 1 amide bonds. The van der Waals surface area contributed by atoms with Crippen molar-refractivity contribution in [2.24, 2.45) is 0 Å². The lowest BCUT2D eigenvalue weighted by atomic mass is 9.89. The molecule has 0 bridgehead atoms. The number of nitrogens with one attached hydrogen (secondary N) is 1. The highest BCUT2D eigenvalue weighted by atomic mass is 16.3. The molecule has 0 unspecified atom stereocenters. The van der Waals surface area contributed by atoms with Gasteiger partial charge in [-0.25, -0.2) is 4.98 Å². The van der Waals surface area contributed by atoms with Crippen LogP contribution in [-0.4, -0.2) is 28.8 Å². The van der Waals surface area contributed by atoms with Gasteiger partial charge in [0.25, 0.3) is 5.91 Å². The number of pyridine rings is 1. The summed E-state index contributed by atoms with van der Waals surface area (Å²) in [4.78, 5) is 26.9. The van der Waals surface area contributed by atoms with Crippen LogP contribution in [0.1, 0.15) is 39.1 Å². The molecular formula is C11H12N2O3. The Kier molecular flexibility index (Phi) is 2.60. The molecule has 0 spiro atoms. The summed E-state index contributed by atoms with van der Waals surface area (Å²) < 4.78 is 0. The first-order chi connectivity index (χ1) is 7.65. The number of Topliss-reactive ketones (excluding diaryl/α,β-unsaturated/α-hetero) is 1. The van der Waals surface area contributed by atoms with Crippen molar-refractivity contribution in [1.29, 1.82) is 0 Å². The second kappa shape index (κ2) is 3.92. The summed E-state index contributed by atoms with van der Waals surface area (Å²) in [6.07, 6.45) is 3.16. The maximum atomic E-state index is 11.6. The number of rotatable bonds is 1. The van der Waals surface area contributed by atoms with Gasteiger partial charge in [-0.3, -0.25) is 9.59 Å². The first kappa shape index (κ1) is 10.6. The van der Waals surface area contributed by atoms with Gasteiger partial charge >= 0.3 is 0 Å². The molecule has 0 saturated heterocycles. The standard InChI is InChI=1S/C11H12N2O3/c1-12-10(15)9-6-3-2-4-8(14)7(6)5-13-11(9)16/h5H,2-4H2,1H3,(H,12,15)(H,13,16). The fraction of sp³-hybridized carbons (Fsp3) is 0.364. The quantitative estimate of drug-likeness (QED) is 0.728. The van der Waals surface area contributed by atoms with Crippen molar-refractivity contribution in [2.75, 3.05) is 7.05 Å². The van der Waals surface area contributed by atoms with Gasteiger partial charge in [0.15, 0.2) is 5.78 Å². The average molecular weight is 220 g/mol. The van der Waals surface area contributed by atoms with E-state index in [4.69, 9.17) is 0 Å². The number of aromatic hydroxyl groups is 1. The highest BCUT2D eigenvalue weighted by Gasteiger charge is 2.25. The lowest BCUT2D eigenvalue weighted by Gasteiger charge is -2.17. The zero-order valence-electron chi connectivity index (χ0n) is 8.91. The second-order valence-corrected chi connectivity index (χ2v) is 3.70. The van der Waals surface area contributed by atoms with E-state index in [0.29, 0.717) is 30.4 Å². The minimum Gasteiger partial charge on any atom is -0.493 e. The first-order valence-corrected chi connectivity index (χ1v) is 5.11. The zero-order valence-corrected chi connectivity index (χ0v) is 8.91. The molecule has 1 aromatic heterocycles. The lowest BCUT2D eigenvalue weighted by molar-refractivity contribution is 0.0957. The molecular weight excluding hydrogens is 208 g/mol. The number of carbonyl (C=O) groups is 2. The summed E-state index contributed by atoms with van der Waals surface area (Å²) in [5.41, 5.74) is 1.21. The molecule has 2 N–H and O–H groups in total. The average Bonchev–Trinajstić information content (AvgIpc) is 2.28. The van der Waals surface area contributed by atoms with Crippen LogP contribution in [0.4, 0.5) is 0 Å². The summed E-state index contributed by atoms with van der Waals surface area (Å²) in [5.74, 6) is -0.733. The summed E-state index contributed by atoms with van der Waals surface area (Å²) >= 11 is 0. The normalized spacial score (nSPS) is 14.4. The van der Waals surface area contributed by atoms with Crippen molar-refractivity contribution in [3.05, 3.63) is 22.9 Å². The Balaban J connectivity index is 2.63. The van der Waals surface area contributed by atoms with E-state index >= 15 is 0 Å². The molecule has 1 aromatic rings. The molecule has 0 fully saturated rings. The fourth-order valence-corrected chi connectivity index (χ4v) is 1.96. The van der Waals surface area contributed by atoms with E-state index in [1.165, 1.54) is 13.2 Å². The van der Waals surface area contributed by atoms with Crippen LogP contribution < -0.4 is 5.32 Å². The van der Waals surface area contributed by atoms with Crippen molar-refractivity contribution in [3.8, 4) is 5.88 Å². The molecule has 16 heavy (non-hydrogen) atoms. The van der Waals surface area contributed by atoms with Gasteiger partial charge in [-0.2, -0.15) is 0 Å². The number of ketones is 1. The molecule has 1 heterocycles. The molecule has 5 nitrogen and oxygen atoms in total. The zero-order chi connectivity index (χ0) is 11.7. The third kappa shape index (κ3) is 1.54. The summed E-state index contributed by atoms with van der Waals surface area (Å²) in [6, 6.07) is 0. The van der Waals surface area contributed by atoms with E-state index < -0.39 is 5.91 Å². The fourth-order valence-electron chi connectivity index (χ4n) is 1.96. The highest BCUT2D eigenvalue weighted by molar-refractivity contribution is 6.04. The van der Waals surface area contributed by atoms with Crippen molar-refractivity contribution in [2.45, 2.75) is 19.3 Å². The summed E-state index contributed by atoms with van der Waals surface area (Å²) in [6.45, 7) is 0. The van der Waals surface area contributed by atoms with Crippen LogP contribution in [0.5, 0.6) is 5.88 Å². The van der Waals surface area contributed by atoms with E-state index in [1.54, 1.807) is 0 Å². The van der Waals surface area contributed by atoms with E-state index in [1.807, 2.05) is 0 Å². The number of hydrogen-bond donors (Lipinski definition) is 2. The maximum Gasteiger partial charge on any atom is 0.256 e. The van der Waals surface area contributed by atoms with Gasteiger partial charge in [-0.1, -0.05) is 0 Å². The Morgan fingerprint density at radius 3 is 2.94 bits per heavy atom. The molecule has 84 valence electrons. The predicted molar refractivity (Wildman–Crippen MR) is 56.6 cm³/mol. The van der Waals surface area contributed by atoms with Gasteiger partial charge in [0.2, 0.25) is 5.88 Å². The van der Waals surface area contributed by atoms with Gasteiger partial charge in [0.05, 0.1) is 0 Å². The van der Waals surface area contributed by atoms with Gasteiger partial charge < -0.3 is 10.4 Å². The number of carbonyl (C=O) groups excluding carboxylic acids is 2. The molecule has 0 aromatic carbocycles. The smallest absolute Gasteiger partial charge is 0.256 e. The molecule has 2 rings (SSSR count). The maximum absolute atomic E-state index is 11.6. The monoisotopic (exact) mass is 220 g/mol. The summed E-state index contributed by atoms with van der Waals surface area (Å²) in [7, 11) is 1.48. The topological polar surface area (TPSA) is 79.3 Å². The van der Waals surface area contributed by atoms with Crippen molar-refractivity contribution in [3.63, 3.8) is 0 Å². The molecule has 1 aliphatic carbocycles. The second-order valence-electron chi connectivity index (χ2n) is 3.70. The third-order valence-electron chi connectivity index (χ3n) is 2.75. The van der Waals surface area contributed by atoms with Crippen molar-refractivity contribution >= 4 is 11.7 Å². The number of amides is 1. The first-order valence-electron chi connectivity index (χ1n) is 5.11. The highest BCUT2D eigenvalue weighted by Crippen LogP contribution is 2.28. The van der Waals surface area contributed by atoms with E-state index in [-0.39, 0.29) is 17.2 Å². The van der Waals surface area contributed by atoms with Gasteiger partial charge in [0.1, 0.15) is 5.56 Å². The van der Waals surface area contributed by atoms with Crippen LogP contribution in [0.3, 0.4) is 0 Å². The number of fused-ring (bicyclic) bond motifs is 1. The largest absolute Gasteiger partial charge is 0.493 e. The van der Waals surface area contributed by atoms with Crippen LogP contribution in [0.15, 0.2) is 6.20 Å². The van der Waals surface area contributed by atoms with Crippen LogP contribution in [0.25, 0.3) is 0 Å². The Morgan fingerprint density at radius 2 is 2.25 bits per heavy atom. The molecule has 0 aliphatic heterocycles. The van der Waals surface area contributed by atoms with Crippen molar-refractivity contribution < 1.29 is 14.7 Å². The van der Waals surface area contributed by atoms with Crippen LogP contribution in [0.2, 0.25) is 0 Å². The van der Waals surface area contributed by atoms with Crippen LogP contribution in [0, 0.1) is 0 Å². The minimum absolute atomic E-state index is 0.0149. The van der Waals surface area contributed by atoms with E-state index in [9.17, 15) is 14.7 Å². The van der Waals surface area contributed by atoms with Crippen LogP contribution >= 0.6 is 0 Å². The molecule has 5 heteroatoms. The van der Waals surface area contributed by atoms with Gasteiger partial charge in [-0.05, 0) is 18.4 Å². The molecule has 1 aliphatic rings. The van der Waals surface area contributed by atoms with E-state index in [0.717, 1.165) is 0 Å². The Hall–Kier alpha value is -1.91.